The number of sulfonamides is 1. The Balaban J connectivity index is 1.31. The Hall–Kier alpha value is -3.86. The van der Waals surface area contributed by atoms with Crippen LogP contribution in [0.3, 0.4) is 0 Å². The van der Waals surface area contributed by atoms with E-state index in [1.54, 1.807) is 17.0 Å². The van der Waals surface area contributed by atoms with Gasteiger partial charge in [-0.05, 0) is 61.4 Å². The van der Waals surface area contributed by atoms with Crippen LogP contribution in [0.15, 0.2) is 71.9 Å². The third kappa shape index (κ3) is 5.54. The highest BCUT2D eigenvalue weighted by molar-refractivity contribution is 7.92. The van der Waals surface area contributed by atoms with Crippen LogP contribution in [0.4, 0.5) is 16.0 Å². The Morgan fingerprint density at radius 2 is 1.65 bits per heavy atom. The zero-order valence-corrected chi connectivity index (χ0v) is 18.8. The molecule has 1 fully saturated rings. The minimum absolute atomic E-state index is 0.00196. The standard InChI is InChI=1S/C23H22FN5O4S/c24-18-4-1-3-17(15-18)22(31)29-13-9-16(10-14-29)21(30)27-19-5-7-20(8-6-19)34(32,33)28-23-25-11-2-12-26-23/h1-8,11-12,15-16H,9-10,13-14H2,(H,27,30)(H,25,26,28). The van der Waals surface area contributed by atoms with Gasteiger partial charge in [-0.1, -0.05) is 6.07 Å². The molecule has 176 valence electrons. The van der Waals surface area contributed by atoms with Gasteiger partial charge in [0.1, 0.15) is 5.82 Å². The number of halogens is 1. The molecule has 2 aromatic carbocycles. The number of carbonyl (C=O) groups excluding carboxylic acids is 2. The van der Waals surface area contributed by atoms with Crippen LogP contribution in [0.1, 0.15) is 23.2 Å². The van der Waals surface area contributed by atoms with E-state index in [-0.39, 0.29) is 34.1 Å². The lowest BCUT2D eigenvalue weighted by atomic mass is 9.95. The van der Waals surface area contributed by atoms with Gasteiger partial charge in [-0.2, -0.15) is 0 Å². The maximum atomic E-state index is 13.4. The molecule has 1 aliphatic heterocycles. The third-order valence-electron chi connectivity index (χ3n) is 5.45. The molecule has 0 atom stereocenters. The number of likely N-dealkylation sites (tertiary alicyclic amines) is 1. The summed E-state index contributed by atoms with van der Waals surface area (Å²) in [6.07, 6.45) is 3.79. The van der Waals surface area contributed by atoms with Gasteiger partial charge in [-0.15, -0.1) is 0 Å². The number of rotatable bonds is 6. The third-order valence-corrected chi connectivity index (χ3v) is 6.79. The SMILES string of the molecule is O=C(Nc1ccc(S(=O)(=O)Nc2ncccn2)cc1)C1CCN(C(=O)c2cccc(F)c2)CC1. The number of piperidine rings is 1. The molecule has 11 heteroatoms. The molecular formula is C23H22FN5O4S. The van der Waals surface area contributed by atoms with Crippen molar-refractivity contribution in [3.8, 4) is 0 Å². The molecule has 0 bridgehead atoms. The molecule has 1 saturated heterocycles. The number of benzene rings is 2. The van der Waals surface area contributed by atoms with Crippen molar-refractivity contribution in [3.63, 3.8) is 0 Å². The molecule has 0 radical (unpaired) electrons. The summed E-state index contributed by atoms with van der Waals surface area (Å²) in [6.45, 7) is 0.773. The molecule has 0 unspecified atom stereocenters. The van der Waals surface area contributed by atoms with Crippen LogP contribution in [-0.2, 0) is 14.8 Å². The first-order chi connectivity index (χ1) is 16.3. The molecule has 4 rings (SSSR count). The molecule has 0 saturated carbocycles. The average molecular weight is 484 g/mol. The van der Waals surface area contributed by atoms with Crippen molar-refractivity contribution in [1.29, 1.82) is 0 Å². The summed E-state index contributed by atoms with van der Waals surface area (Å²) in [5.41, 5.74) is 0.740. The van der Waals surface area contributed by atoms with Gasteiger partial charge in [0.25, 0.3) is 15.9 Å². The number of carbonyl (C=O) groups is 2. The van der Waals surface area contributed by atoms with E-state index in [0.29, 0.717) is 31.6 Å². The van der Waals surface area contributed by atoms with Gasteiger partial charge in [0, 0.05) is 42.7 Å². The van der Waals surface area contributed by atoms with Crippen molar-refractivity contribution < 1.29 is 22.4 Å². The van der Waals surface area contributed by atoms with Gasteiger partial charge >= 0.3 is 0 Å². The second kappa shape index (κ2) is 9.96. The largest absolute Gasteiger partial charge is 0.339 e. The molecule has 0 spiro atoms. The first-order valence-corrected chi connectivity index (χ1v) is 12.1. The van der Waals surface area contributed by atoms with Crippen molar-refractivity contribution in [3.05, 3.63) is 78.4 Å². The van der Waals surface area contributed by atoms with Gasteiger partial charge in [-0.3, -0.25) is 9.59 Å². The maximum Gasteiger partial charge on any atom is 0.264 e. The Labute approximate surface area is 196 Å². The lowest BCUT2D eigenvalue weighted by molar-refractivity contribution is -0.121. The molecule has 1 aromatic heterocycles. The lowest BCUT2D eigenvalue weighted by Crippen LogP contribution is -2.41. The van der Waals surface area contributed by atoms with Gasteiger partial charge in [0.2, 0.25) is 11.9 Å². The molecule has 1 aliphatic rings. The van der Waals surface area contributed by atoms with Crippen molar-refractivity contribution in [1.82, 2.24) is 14.9 Å². The second-order valence-electron chi connectivity index (χ2n) is 7.77. The molecule has 2 N–H and O–H groups in total. The summed E-state index contributed by atoms with van der Waals surface area (Å²) in [6, 6.07) is 12.9. The number of nitrogens with zero attached hydrogens (tertiary/aromatic N) is 3. The topological polar surface area (TPSA) is 121 Å². The Morgan fingerprint density at radius 1 is 0.971 bits per heavy atom. The normalized spacial score (nSPS) is 14.4. The fourth-order valence-electron chi connectivity index (χ4n) is 3.64. The molecule has 9 nitrogen and oxygen atoms in total. The molecule has 0 aliphatic carbocycles. The molecule has 3 aromatic rings. The Bertz CT molecular complexity index is 1280. The quantitative estimate of drug-likeness (QED) is 0.556. The van der Waals surface area contributed by atoms with E-state index in [9.17, 15) is 22.4 Å². The highest BCUT2D eigenvalue weighted by Crippen LogP contribution is 2.22. The van der Waals surface area contributed by atoms with Crippen LogP contribution in [0.25, 0.3) is 0 Å². The predicted molar refractivity (Wildman–Crippen MR) is 123 cm³/mol. The van der Waals surface area contributed by atoms with E-state index in [1.807, 2.05) is 0 Å². The first-order valence-electron chi connectivity index (χ1n) is 10.6. The summed E-state index contributed by atoms with van der Waals surface area (Å²) < 4.78 is 40.6. The van der Waals surface area contributed by atoms with E-state index in [0.717, 1.165) is 0 Å². The fourth-order valence-corrected chi connectivity index (χ4v) is 4.60. The van der Waals surface area contributed by atoms with Crippen LogP contribution in [0.5, 0.6) is 0 Å². The average Bonchev–Trinajstić information content (AvgIpc) is 2.84. The maximum absolute atomic E-state index is 13.4. The summed E-state index contributed by atoms with van der Waals surface area (Å²) in [7, 11) is -3.87. The second-order valence-corrected chi connectivity index (χ2v) is 9.45. The highest BCUT2D eigenvalue weighted by Gasteiger charge is 2.28. The van der Waals surface area contributed by atoms with E-state index >= 15 is 0 Å². The number of hydrogen-bond acceptors (Lipinski definition) is 6. The minimum atomic E-state index is -3.87. The predicted octanol–water partition coefficient (Wildman–Crippen LogP) is 2.91. The smallest absolute Gasteiger partial charge is 0.264 e. The minimum Gasteiger partial charge on any atom is -0.339 e. The van der Waals surface area contributed by atoms with Crippen LogP contribution in [-0.4, -0.2) is 48.2 Å². The van der Waals surface area contributed by atoms with Crippen molar-refractivity contribution >= 4 is 33.5 Å². The molecule has 34 heavy (non-hydrogen) atoms. The highest BCUT2D eigenvalue weighted by atomic mass is 32.2. The monoisotopic (exact) mass is 483 g/mol. The van der Waals surface area contributed by atoms with E-state index in [4.69, 9.17) is 0 Å². The zero-order valence-electron chi connectivity index (χ0n) is 18.0. The van der Waals surface area contributed by atoms with Gasteiger partial charge in [-0.25, -0.2) is 27.5 Å². The molecule has 2 heterocycles. The van der Waals surface area contributed by atoms with Crippen LogP contribution < -0.4 is 10.0 Å². The van der Waals surface area contributed by atoms with Gasteiger partial charge in [0.15, 0.2) is 0 Å². The Morgan fingerprint density at radius 3 is 2.29 bits per heavy atom. The summed E-state index contributed by atoms with van der Waals surface area (Å²) in [5, 5.41) is 2.79. The van der Waals surface area contributed by atoms with Crippen molar-refractivity contribution in [2.75, 3.05) is 23.1 Å². The molecular weight excluding hydrogens is 461 g/mol. The Kier molecular flexibility index (Phi) is 6.82. The van der Waals surface area contributed by atoms with E-state index in [2.05, 4.69) is 20.0 Å². The van der Waals surface area contributed by atoms with Crippen LogP contribution >= 0.6 is 0 Å². The van der Waals surface area contributed by atoms with Crippen LogP contribution in [0, 0.1) is 11.7 Å². The van der Waals surface area contributed by atoms with Crippen molar-refractivity contribution in [2.45, 2.75) is 17.7 Å². The zero-order chi connectivity index (χ0) is 24.1. The fraction of sp³-hybridized carbons (Fsp3) is 0.217. The van der Waals surface area contributed by atoms with E-state index in [1.165, 1.54) is 54.9 Å². The first kappa shape index (κ1) is 23.3. The summed E-state index contributed by atoms with van der Waals surface area (Å²) in [4.78, 5) is 34.5. The lowest BCUT2D eigenvalue weighted by Gasteiger charge is -2.31. The summed E-state index contributed by atoms with van der Waals surface area (Å²) in [5.74, 6) is -1.27. The molecule has 2 amide bonds. The van der Waals surface area contributed by atoms with Crippen LogP contribution in [0.2, 0.25) is 0 Å². The van der Waals surface area contributed by atoms with Gasteiger partial charge in [0.05, 0.1) is 4.90 Å². The summed E-state index contributed by atoms with van der Waals surface area (Å²) >= 11 is 0. The number of hydrogen-bond donors (Lipinski definition) is 2. The number of nitrogens with one attached hydrogen (secondary N) is 2. The van der Waals surface area contributed by atoms with Gasteiger partial charge < -0.3 is 10.2 Å². The van der Waals surface area contributed by atoms with E-state index < -0.39 is 15.8 Å². The number of anilines is 2. The number of amides is 2. The van der Waals surface area contributed by atoms with Crippen molar-refractivity contribution in [2.24, 2.45) is 5.92 Å². The number of aromatic nitrogens is 2.